The maximum atomic E-state index is 11.3. The molecule has 0 saturated heterocycles. The van der Waals surface area contributed by atoms with Crippen LogP contribution in [0.4, 0.5) is 0 Å². The number of carbonyl (C=O) groups excluding carboxylic acids is 1. The molecule has 0 bridgehead atoms. The molecule has 0 aliphatic heterocycles. The van der Waals surface area contributed by atoms with Crippen LogP contribution < -0.4 is 34.3 Å². The summed E-state index contributed by atoms with van der Waals surface area (Å²) in [6, 6.07) is 3.42. The molecule has 6 nitrogen and oxygen atoms in total. The van der Waals surface area contributed by atoms with Gasteiger partial charge in [-0.1, -0.05) is 0 Å². The fourth-order valence-corrected chi connectivity index (χ4v) is 1.77. The summed E-state index contributed by atoms with van der Waals surface area (Å²) in [6.07, 6.45) is 0. The van der Waals surface area contributed by atoms with Gasteiger partial charge in [-0.15, -0.1) is 0 Å². The zero-order valence-corrected chi connectivity index (χ0v) is 12.4. The van der Waals surface area contributed by atoms with Crippen molar-refractivity contribution in [2.45, 2.75) is 4.90 Å². The first kappa shape index (κ1) is 16.4. The number of ether oxygens (including phenoxy) is 2. The largest absolute Gasteiger partial charge is 1.00 e. The first-order valence-corrected chi connectivity index (χ1v) is 5.53. The van der Waals surface area contributed by atoms with Crippen molar-refractivity contribution in [2.24, 2.45) is 0 Å². The van der Waals surface area contributed by atoms with Gasteiger partial charge in [0.05, 0.1) is 24.7 Å². The Balaban J connectivity index is 0.00000256. The van der Waals surface area contributed by atoms with Gasteiger partial charge in [0.2, 0.25) is 0 Å². The Morgan fingerprint density at radius 1 is 1.29 bits per heavy atom. The van der Waals surface area contributed by atoms with Gasteiger partial charge in [-0.3, -0.25) is 0 Å². The molecule has 0 unspecified atom stereocenters. The Morgan fingerprint density at radius 3 is 2.29 bits per heavy atom. The van der Waals surface area contributed by atoms with E-state index in [9.17, 15) is 17.8 Å². The summed E-state index contributed by atoms with van der Waals surface area (Å²) in [5, 5.41) is 0. The molecule has 0 amide bonds. The van der Waals surface area contributed by atoms with Crippen LogP contribution in [0.3, 0.4) is 0 Å². The summed E-state index contributed by atoms with van der Waals surface area (Å²) in [6.45, 7) is 0. The van der Waals surface area contributed by atoms with E-state index < -0.39 is 21.0 Å². The summed E-state index contributed by atoms with van der Waals surface area (Å²) in [5.41, 5.74) is -0.336. The predicted molar refractivity (Wildman–Crippen MR) is 52.3 cm³/mol. The molecule has 1 rings (SSSR count). The maximum absolute atomic E-state index is 11.3. The molecule has 0 radical (unpaired) electrons. The Labute approximate surface area is 121 Å². The molecular formula is C9H9NaO6S. The smallest absolute Gasteiger partial charge is 0.744 e. The Bertz CT molecular complexity index is 510. The number of methoxy groups -OCH3 is 2. The topological polar surface area (TPSA) is 92.7 Å². The van der Waals surface area contributed by atoms with Crippen LogP contribution in [0.1, 0.15) is 10.4 Å². The van der Waals surface area contributed by atoms with Crippen molar-refractivity contribution in [2.75, 3.05) is 14.2 Å². The fraction of sp³-hybridized carbons (Fsp3) is 0.222. The first-order valence-electron chi connectivity index (χ1n) is 4.12. The molecule has 0 atom stereocenters. The summed E-state index contributed by atoms with van der Waals surface area (Å²) in [5.74, 6) is -0.652. The Morgan fingerprint density at radius 2 is 1.88 bits per heavy atom. The minimum atomic E-state index is -4.72. The van der Waals surface area contributed by atoms with Gasteiger partial charge in [-0.2, -0.15) is 0 Å². The molecule has 0 spiro atoms. The van der Waals surface area contributed by atoms with Gasteiger partial charge in [0.25, 0.3) is 0 Å². The quantitative estimate of drug-likeness (QED) is 0.339. The van der Waals surface area contributed by atoms with Crippen LogP contribution in [0, 0.1) is 0 Å². The Kier molecular flexibility index (Phi) is 6.14. The molecule has 0 heterocycles. The van der Waals surface area contributed by atoms with Crippen LogP contribution >= 0.6 is 0 Å². The maximum Gasteiger partial charge on any atom is 1.00 e. The number of carbonyl (C=O) groups is 1. The second-order valence-corrected chi connectivity index (χ2v) is 4.16. The molecule has 0 aromatic heterocycles. The van der Waals surface area contributed by atoms with Crippen LogP contribution in [0.15, 0.2) is 23.1 Å². The second kappa shape index (κ2) is 6.36. The molecular weight excluding hydrogens is 259 g/mol. The third-order valence-electron chi connectivity index (χ3n) is 1.86. The third-order valence-corrected chi connectivity index (χ3v) is 2.76. The molecule has 0 saturated carbocycles. The zero-order chi connectivity index (χ0) is 12.3. The second-order valence-electron chi connectivity index (χ2n) is 2.81. The normalized spacial score (nSPS) is 10.3. The van der Waals surface area contributed by atoms with E-state index in [4.69, 9.17) is 4.74 Å². The molecule has 1 aromatic rings. The minimum Gasteiger partial charge on any atom is -0.744 e. The van der Waals surface area contributed by atoms with E-state index in [1.165, 1.54) is 13.2 Å². The molecule has 17 heavy (non-hydrogen) atoms. The summed E-state index contributed by atoms with van der Waals surface area (Å²) < 4.78 is 41.8. The van der Waals surface area contributed by atoms with E-state index in [1.54, 1.807) is 0 Å². The predicted octanol–water partition coefficient (Wildman–Crippen LogP) is -2.61. The van der Waals surface area contributed by atoms with Gasteiger partial charge >= 0.3 is 35.5 Å². The first-order chi connectivity index (χ1) is 7.40. The van der Waals surface area contributed by atoms with Gasteiger partial charge in [-0.05, 0) is 18.2 Å². The van der Waals surface area contributed by atoms with Crippen molar-refractivity contribution in [1.29, 1.82) is 0 Å². The standard InChI is InChI=1S/C9H10O6S.Na/c1-14-6-3-4-8(16(11,12)13)7(5-6)9(10)15-2;/h3-5H,1-2H3,(H,11,12,13);/q;+1/p-1. The van der Waals surface area contributed by atoms with Gasteiger partial charge in [-0.25, -0.2) is 13.2 Å². The van der Waals surface area contributed by atoms with Crippen LogP contribution in [0.2, 0.25) is 0 Å². The van der Waals surface area contributed by atoms with E-state index in [0.717, 1.165) is 19.2 Å². The van der Waals surface area contributed by atoms with E-state index in [-0.39, 0.29) is 40.9 Å². The van der Waals surface area contributed by atoms with Crippen LogP contribution in [0.25, 0.3) is 0 Å². The summed E-state index contributed by atoms with van der Waals surface area (Å²) in [4.78, 5) is 10.6. The SMILES string of the molecule is COC(=O)c1cc(OC)ccc1S(=O)(=O)[O-].[Na+]. The average Bonchev–Trinajstić information content (AvgIpc) is 2.25. The molecule has 1 aromatic carbocycles. The van der Waals surface area contributed by atoms with Crippen molar-refractivity contribution in [3.8, 4) is 5.75 Å². The number of rotatable bonds is 3. The molecule has 0 fully saturated rings. The van der Waals surface area contributed by atoms with Gasteiger partial charge in [0.15, 0.2) is 0 Å². The van der Waals surface area contributed by atoms with E-state index in [1.807, 2.05) is 0 Å². The molecule has 8 heteroatoms. The van der Waals surface area contributed by atoms with Crippen molar-refractivity contribution in [3.05, 3.63) is 23.8 Å². The summed E-state index contributed by atoms with van der Waals surface area (Å²) >= 11 is 0. The minimum absolute atomic E-state index is 0. The van der Waals surface area contributed by atoms with E-state index in [0.29, 0.717) is 0 Å². The number of hydrogen-bond donors (Lipinski definition) is 0. The zero-order valence-electron chi connectivity index (χ0n) is 9.59. The summed E-state index contributed by atoms with van der Waals surface area (Å²) in [7, 11) is -2.28. The Hall–Kier alpha value is -0.600. The van der Waals surface area contributed by atoms with Gasteiger partial charge < -0.3 is 14.0 Å². The van der Waals surface area contributed by atoms with Crippen LogP contribution in [-0.4, -0.2) is 33.2 Å². The fourth-order valence-electron chi connectivity index (χ4n) is 1.12. The van der Waals surface area contributed by atoms with Crippen molar-refractivity contribution >= 4 is 16.1 Å². The third kappa shape index (κ3) is 3.97. The molecule has 0 aliphatic carbocycles. The molecule has 88 valence electrons. The number of hydrogen-bond acceptors (Lipinski definition) is 6. The monoisotopic (exact) mass is 268 g/mol. The van der Waals surface area contributed by atoms with Crippen molar-refractivity contribution in [1.82, 2.24) is 0 Å². The van der Waals surface area contributed by atoms with Gasteiger partial charge in [0, 0.05) is 0 Å². The number of esters is 1. The molecule has 0 aliphatic rings. The van der Waals surface area contributed by atoms with Crippen molar-refractivity contribution in [3.63, 3.8) is 0 Å². The average molecular weight is 268 g/mol. The van der Waals surface area contributed by atoms with Crippen LogP contribution in [-0.2, 0) is 14.9 Å². The van der Waals surface area contributed by atoms with Crippen molar-refractivity contribution < 1.29 is 56.8 Å². The van der Waals surface area contributed by atoms with Gasteiger partial charge in [0.1, 0.15) is 15.9 Å². The van der Waals surface area contributed by atoms with Crippen LogP contribution in [0.5, 0.6) is 5.75 Å². The number of benzene rings is 1. The van der Waals surface area contributed by atoms with E-state index in [2.05, 4.69) is 4.74 Å². The molecule has 0 N–H and O–H groups in total. The van der Waals surface area contributed by atoms with E-state index >= 15 is 0 Å².